The number of ether oxygens (including phenoxy) is 1. The fourth-order valence-electron chi connectivity index (χ4n) is 2.62. The highest BCUT2D eigenvalue weighted by molar-refractivity contribution is 5.50. The van der Waals surface area contributed by atoms with Crippen molar-refractivity contribution in [3.05, 3.63) is 41.5 Å². The van der Waals surface area contributed by atoms with Crippen molar-refractivity contribution in [1.82, 2.24) is 9.55 Å². The van der Waals surface area contributed by atoms with Gasteiger partial charge in [-0.05, 0) is 30.5 Å². The van der Waals surface area contributed by atoms with E-state index in [0.717, 1.165) is 30.0 Å². The predicted molar refractivity (Wildman–Crippen MR) is 92.8 cm³/mol. The number of carbonyl (C=O) groups excluding carboxylic acids is 2. The SMILES string of the molecule is CCc1cn(-c2ccc(C[C@H](C)C(F)(F)F)cc2OC)c(CC)n1.O=C=O. The van der Waals surface area contributed by atoms with E-state index in [2.05, 4.69) is 4.98 Å². The van der Waals surface area contributed by atoms with E-state index in [4.69, 9.17) is 14.3 Å². The molecule has 1 aromatic heterocycles. The summed E-state index contributed by atoms with van der Waals surface area (Å²) in [6, 6.07) is 5.21. The smallest absolute Gasteiger partial charge is 0.391 e. The summed E-state index contributed by atoms with van der Waals surface area (Å²) in [5.74, 6) is 0.0670. The number of alkyl halides is 3. The maximum atomic E-state index is 12.8. The molecule has 0 spiro atoms. The summed E-state index contributed by atoms with van der Waals surface area (Å²) in [6.07, 6.45) is -0.471. The molecule has 5 nitrogen and oxygen atoms in total. The summed E-state index contributed by atoms with van der Waals surface area (Å²) in [5.41, 5.74) is 2.38. The van der Waals surface area contributed by atoms with Crippen molar-refractivity contribution in [2.75, 3.05) is 7.11 Å². The molecule has 1 aromatic carbocycles. The number of rotatable bonds is 6. The number of halogens is 3. The molecule has 0 unspecified atom stereocenters. The van der Waals surface area contributed by atoms with E-state index < -0.39 is 12.1 Å². The van der Waals surface area contributed by atoms with E-state index in [0.29, 0.717) is 11.3 Å². The lowest BCUT2D eigenvalue weighted by atomic mass is 10.00. The van der Waals surface area contributed by atoms with Crippen LogP contribution < -0.4 is 4.74 Å². The Balaban J connectivity index is 0.00000114. The van der Waals surface area contributed by atoms with Crippen LogP contribution in [0, 0.1) is 5.92 Å². The largest absolute Gasteiger partial charge is 0.495 e. The second kappa shape index (κ2) is 9.92. The van der Waals surface area contributed by atoms with Gasteiger partial charge in [-0.2, -0.15) is 22.8 Å². The summed E-state index contributed by atoms with van der Waals surface area (Å²) in [4.78, 5) is 20.8. The van der Waals surface area contributed by atoms with Gasteiger partial charge in [-0.3, -0.25) is 4.57 Å². The Morgan fingerprint density at radius 1 is 1.22 bits per heavy atom. The molecule has 0 radical (unpaired) electrons. The number of hydrogen-bond acceptors (Lipinski definition) is 4. The summed E-state index contributed by atoms with van der Waals surface area (Å²) >= 11 is 0. The molecular formula is C19H23F3N2O3. The van der Waals surface area contributed by atoms with Crippen molar-refractivity contribution in [2.45, 2.75) is 46.2 Å². The van der Waals surface area contributed by atoms with Crippen LogP contribution in [0.2, 0.25) is 0 Å². The van der Waals surface area contributed by atoms with E-state index in [-0.39, 0.29) is 12.6 Å². The van der Waals surface area contributed by atoms with Crippen LogP contribution in [0.1, 0.15) is 37.9 Å². The van der Waals surface area contributed by atoms with Gasteiger partial charge in [0.1, 0.15) is 11.6 Å². The summed E-state index contributed by atoms with van der Waals surface area (Å²) < 4.78 is 45.6. The van der Waals surface area contributed by atoms with Gasteiger partial charge in [0.2, 0.25) is 0 Å². The third-order valence-corrected chi connectivity index (χ3v) is 4.11. The predicted octanol–water partition coefficient (Wildman–Crippen LogP) is 4.16. The maximum absolute atomic E-state index is 12.8. The minimum absolute atomic E-state index is 0.0646. The molecule has 0 saturated carbocycles. The topological polar surface area (TPSA) is 61.2 Å². The molecule has 148 valence electrons. The van der Waals surface area contributed by atoms with Crippen LogP contribution in [0.4, 0.5) is 13.2 Å². The van der Waals surface area contributed by atoms with E-state index in [1.165, 1.54) is 14.0 Å². The molecular weight excluding hydrogens is 361 g/mol. The van der Waals surface area contributed by atoms with Crippen molar-refractivity contribution in [1.29, 1.82) is 0 Å². The minimum atomic E-state index is -4.19. The Morgan fingerprint density at radius 3 is 2.33 bits per heavy atom. The van der Waals surface area contributed by atoms with Crippen molar-refractivity contribution in [2.24, 2.45) is 5.92 Å². The first kappa shape index (κ1) is 22.4. The molecule has 0 fully saturated rings. The van der Waals surface area contributed by atoms with E-state index in [1.807, 2.05) is 24.6 Å². The Labute approximate surface area is 156 Å². The van der Waals surface area contributed by atoms with Crippen LogP contribution in [0.3, 0.4) is 0 Å². The fourth-order valence-corrected chi connectivity index (χ4v) is 2.62. The maximum Gasteiger partial charge on any atom is 0.391 e. The molecule has 1 atom stereocenters. The van der Waals surface area contributed by atoms with Gasteiger partial charge in [0.25, 0.3) is 0 Å². The van der Waals surface area contributed by atoms with Gasteiger partial charge in [0.05, 0.1) is 24.4 Å². The highest BCUT2D eigenvalue weighted by atomic mass is 19.4. The number of benzene rings is 1. The number of nitrogens with zero attached hydrogens (tertiary/aromatic N) is 2. The van der Waals surface area contributed by atoms with Gasteiger partial charge < -0.3 is 4.74 Å². The number of aryl methyl sites for hydroxylation is 2. The molecule has 8 heteroatoms. The molecule has 27 heavy (non-hydrogen) atoms. The summed E-state index contributed by atoms with van der Waals surface area (Å²) in [7, 11) is 1.53. The van der Waals surface area contributed by atoms with E-state index >= 15 is 0 Å². The molecule has 2 rings (SSSR count). The van der Waals surface area contributed by atoms with Gasteiger partial charge in [0.15, 0.2) is 0 Å². The monoisotopic (exact) mass is 384 g/mol. The van der Waals surface area contributed by atoms with Gasteiger partial charge in [0, 0.05) is 12.6 Å². The van der Waals surface area contributed by atoms with Gasteiger partial charge in [-0.15, -0.1) is 0 Å². The average Bonchev–Trinajstić information content (AvgIpc) is 3.04. The van der Waals surface area contributed by atoms with Gasteiger partial charge in [-0.1, -0.05) is 26.8 Å². The normalized spacial score (nSPS) is 12.0. The summed E-state index contributed by atoms with van der Waals surface area (Å²) in [6.45, 7) is 5.24. The Bertz CT molecular complexity index is 779. The van der Waals surface area contributed by atoms with Crippen LogP contribution in [0.15, 0.2) is 24.4 Å². The first-order chi connectivity index (χ1) is 12.7. The number of imidazole rings is 1. The molecule has 0 saturated heterocycles. The Hall–Kier alpha value is -2.60. The van der Waals surface area contributed by atoms with Crippen molar-refractivity contribution in [3.63, 3.8) is 0 Å². The Kier molecular flexibility index (Phi) is 8.25. The molecule has 0 aliphatic rings. The molecule has 0 aliphatic heterocycles. The third kappa shape index (κ3) is 5.96. The van der Waals surface area contributed by atoms with Crippen LogP contribution in [0.5, 0.6) is 5.75 Å². The van der Waals surface area contributed by atoms with Crippen molar-refractivity contribution >= 4 is 6.15 Å². The molecule has 0 bridgehead atoms. The average molecular weight is 384 g/mol. The standard InChI is InChI=1S/C18H23F3N2O.CO2/c1-5-14-11-23(17(6-2)22-14)15-8-7-13(10-16(15)24-4)9-12(3)18(19,20)21;2-1-3/h7-8,10-12H,5-6,9H2,1-4H3;/t12-;/m0./s1. The zero-order valence-electron chi connectivity index (χ0n) is 15.8. The van der Waals surface area contributed by atoms with Gasteiger partial charge in [-0.25, -0.2) is 4.98 Å². The minimum Gasteiger partial charge on any atom is -0.495 e. The zero-order valence-corrected chi connectivity index (χ0v) is 15.8. The number of methoxy groups -OCH3 is 1. The Morgan fingerprint density at radius 2 is 1.85 bits per heavy atom. The number of hydrogen-bond donors (Lipinski definition) is 0. The van der Waals surface area contributed by atoms with E-state index in [9.17, 15) is 13.2 Å². The lowest BCUT2D eigenvalue weighted by Crippen LogP contribution is -2.21. The summed E-state index contributed by atoms with van der Waals surface area (Å²) in [5, 5.41) is 0. The lowest BCUT2D eigenvalue weighted by Gasteiger charge is -2.17. The molecule has 0 aliphatic carbocycles. The van der Waals surface area contributed by atoms with Crippen molar-refractivity contribution in [3.8, 4) is 11.4 Å². The second-order valence-corrected chi connectivity index (χ2v) is 5.96. The lowest BCUT2D eigenvalue weighted by molar-refractivity contribution is -0.191. The molecule has 1 heterocycles. The van der Waals surface area contributed by atoms with Gasteiger partial charge >= 0.3 is 12.3 Å². The van der Waals surface area contributed by atoms with Crippen LogP contribution in [-0.2, 0) is 28.9 Å². The highest BCUT2D eigenvalue weighted by Crippen LogP contribution is 2.31. The van der Waals surface area contributed by atoms with Crippen LogP contribution in [0.25, 0.3) is 5.69 Å². The van der Waals surface area contributed by atoms with E-state index in [1.54, 1.807) is 18.2 Å². The number of aromatic nitrogens is 2. The first-order valence-electron chi connectivity index (χ1n) is 8.52. The highest BCUT2D eigenvalue weighted by Gasteiger charge is 2.35. The van der Waals surface area contributed by atoms with Crippen molar-refractivity contribution < 1.29 is 27.5 Å². The molecule has 2 aromatic rings. The quantitative estimate of drug-likeness (QED) is 0.750. The third-order valence-electron chi connectivity index (χ3n) is 4.11. The molecule has 0 N–H and O–H groups in total. The zero-order chi connectivity index (χ0) is 20.6. The first-order valence-corrected chi connectivity index (χ1v) is 8.52. The fraction of sp³-hybridized carbons (Fsp3) is 0.474. The van der Waals surface area contributed by atoms with Crippen LogP contribution >= 0.6 is 0 Å². The second-order valence-electron chi connectivity index (χ2n) is 5.96. The van der Waals surface area contributed by atoms with Crippen LogP contribution in [-0.4, -0.2) is 29.0 Å². The molecule has 0 amide bonds.